The Bertz CT molecular complexity index is 415. The van der Waals surface area contributed by atoms with Gasteiger partial charge in [0, 0.05) is 25.4 Å². The first-order chi connectivity index (χ1) is 10.2. The Balaban J connectivity index is 2.62. The Kier molecular flexibility index (Phi) is 8.51. The van der Waals surface area contributed by atoms with Gasteiger partial charge in [-0.25, -0.2) is 0 Å². The zero-order valence-corrected chi connectivity index (χ0v) is 13.2. The predicted octanol–water partition coefficient (Wildman–Crippen LogP) is 3.04. The second-order valence-corrected chi connectivity index (χ2v) is 5.35. The number of benzene rings is 1. The summed E-state index contributed by atoms with van der Waals surface area (Å²) in [5.41, 5.74) is 1.57. The van der Waals surface area contributed by atoms with E-state index in [1.165, 1.54) is 0 Å². The van der Waals surface area contributed by atoms with Crippen LogP contribution in [0, 0.1) is 5.92 Å². The van der Waals surface area contributed by atoms with Crippen molar-refractivity contribution in [1.29, 1.82) is 0 Å². The van der Waals surface area contributed by atoms with Crippen molar-refractivity contribution in [3.63, 3.8) is 0 Å². The van der Waals surface area contributed by atoms with Crippen molar-refractivity contribution in [2.45, 2.75) is 39.5 Å². The summed E-state index contributed by atoms with van der Waals surface area (Å²) in [5, 5.41) is 15.3. The number of rotatable bonds is 10. The number of nitrogens with one attached hydrogen (secondary N) is 2. The molecule has 0 spiro atoms. The van der Waals surface area contributed by atoms with Crippen LogP contribution in [0.5, 0.6) is 0 Å². The lowest BCUT2D eigenvalue weighted by Crippen LogP contribution is -2.30. The van der Waals surface area contributed by atoms with Gasteiger partial charge in [-0.3, -0.25) is 4.79 Å². The molecule has 0 fully saturated rings. The normalized spacial score (nSPS) is 12.0. The lowest BCUT2D eigenvalue weighted by molar-refractivity contribution is 0.0943. The summed E-state index contributed by atoms with van der Waals surface area (Å²) >= 11 is 0. The number of hydrogen-bond donors (Lipinski definition) is 3. The summed E-state index contributed by atoms with van der Waals surface area (Å²) in [6.07, 6.45) is 3.85. The van der Waals surface area contributed by atoms with E-state index < -0.39 is 0 Å². The molecule has 4 nitrogen and oxygen atoms in total. The van der Waals surface area contributed by atoms with Crippen LogP contribution >= 0.6 is 0 Å². The first-order valence-electron chi connectivity index (χ1n) is 7.94. The van der Waals surface area contributed by atoms with Crippen molar-refractivity contribution in [2.75, 3.05) is 25.0 Å². The maximum Gasteiger partial charge on any atom is 0.253 e. The fourth-order valence-electron chi connectivity index (χ4n) is 2.37. The van der Waals surface area contributed by atoms with Crippen LogP contribution in [-0.2, 0) is 0 Å². The minimum absolute atomic E-state index is 0.0479. The summed E-state index contributed by atoms with van der Waals surface area (Å²) in [6.45, 7) is 5.87. The van der Waals surface area contributed by atoms with Gasteiger partial charge in [-0.1, -0.05) is 32.4 Å². The SMILES string of the molecule is CCCNc1ccccc1C(=O)NCC(CCC)CCO. The summed E-state index contributed by atoms with van der Waals surface area (Å²) in [5.74, 6) is 0.299. The molecule has 1 atom stereocenters. The fourth-order valence-corrected chi connectivity index (χ4v) is 2.37. The largest absolute Gasteiger partial charge is 0.396 e. The summed E-state index contributed by atoms with van der Waals surface area (Å²) in [7, 11) is 0. The van der Waals surface area contributed by atoms with Gasteiger partial charge in [0.2, 0.25) is 0 Å². The van der Waals surface area contributed by atoms with Crippen LogP contribution in [0.1, 0.15) is 49.9 Å². The Hall–Kier alpha value is -1.55. The standard InChI is InChI=1S/C17H28N2O2/c1-3-7-14(10-12-20)13-19-17(21)15-8-5-6-9-16(15)18-11-4-2/h5-6,8-9,14,18,20H,3-4,7,10-13H2,1-2H3,(H,19,21). The number of aliphatic hydroxyl groups is 1. The number of anilines is 1. The predicted molar refractivity (Wildman–Crippen MR) is 87.7 cm³/mol. The van der Waals surface area contributed by atoms with E-state index in [2.05, 4.69) is 24.5 Å². The molecule has 3 N–H and O–H groups in total. The van der Waals surface area contributed by atoms with E-state index in [-0.39, 0.29) is 12.5 Å². The van der Waals surface area contributed by atoms with Gasteiger partial charge in [0.05, 0.1) is 5.56 Å². The molecule has 118 valence electrons. The first-order valence-corrected chi connectivity index (χ1v) is 7.94. The minimum Gasteiger partial charge on any atom is -0.396 e. The molecule has 1 aromatic carbocycles. The zero-order chi connectivity index (χ0) is 15.5. The maximum absolute atomic E-state index is 12.3. The zero-order valence-electron chi connectivity index (χ0n) is 13.2. The Morgan fingerprint density at radius 2 is 1.95 bits per heavy atom. The van der Waals surface area contributed by atoms with Crippen LogP contribution in [0.4, 0.5) is 5.69 Å². The Morgan fingerprint density at radius 3 is 2.62 bits per heavy atom. The molecule has 0 saturated carbocycles. The number of hydrogen-bond acceptors (Lipinski definition) is 3. The van der Waals surface area contributed by atoms with Crippen molar-refractivity contribution >= 4 is 11.6 Å². The van der Waals surface area contributed by atoms with Crippen molar-refractivity contribution in [1.82, 2.24) is 5.32 Å². The summed E-state index contributed by atoms with van der Waals surface area (Å²) in [4.78, 5) is 12.3. The van der Waals surface area contributed by atoms with Crippen LogP contribution in [0.15, 0.2) is 24.3 Å². The van der Waals surface area contributed by atoms with Crippen LogP contribution in [0.25, 0.3) is 0 Å². The number of carbonyl (C=O) groups excluding carboxylic acids is 1. The van der Waals surface area contributed by atoms with Crippen molar-refractivity contribution in [3.8, 4) is 0 Å². The van der Waals surface area contributed by atoms with Crippen LogP contribution < -0.4 is 10.6 Å². The topological polar surface area (TPSA) is 61.4 Å². The molecule has 1 unspecified atom stereocenters. The molecule has 0 aliphatic rings. The Morgan fingerprint density at radius 1 is 1.19 bits per heavy atom. The van der Waals surface area contributed by atoms with Crippen molar-refractivity contribution < 1.29 is 9.90 Å². The van der Waals surface area contributed by atoms with E-state index in [4.69, 9.17) is 5.11 Å². The molecule has 0 radical (unpaired) electrons. The number of amides is 1. The molecule has 0 aromatic heterocycles. The third-order valence-corrected chi connectivity index (χ3v) is 3.52. The van der Waals surface area contributed by atoms with Gasteiger partial charge in [-0.15, -0.1) is 0 Å². The van der Waals surface area contributed by atoms with Gasteiger partial charge >= 0.3 is 0 Å². The second-order valence-electron chi connectivity index (χ2n) is 5.35. The number of carbonyl (C=O) groups is 1. The molecule has 0 saturated heterocycles. The third kappa shape index (κ3) is 6.17. The monoisotopic (exact) mass is 292 g/mol. The smallest absolute Gasteiger partial charge is 0.253 e. The maximum atomic E-state index is 12.3. The highest BCUT2D eigenvalue weighted by Crippen LogP contribution is 2.15. The van der Waals surface area contributed by atoms with E-state index in [0.717, 1.165) is 37.9 Å². The highest BCUT2D eigenvalue weighted by molar-refractivity contribution is 5.99. The van der Waals surface area contributed by atoms with Gasteiger partial charge in [0.25, 0.3) is 5.91 Å². The van der Waals surface area contributed by atoms with E-state index in [9.17, 15) is 4.79 Å². The van der Waals surface area contributed by atoms with E-state index in [1.54, 1.807) is 0 Å². The molecule has 0 aliphatic heterocycles. The highest BCUT2D eigenvalue weighted by atomic mass is 16.3. The van der Waals surface area contributed by atoms with Gasteiger partial charge in [0.1, 0.15) is 0 Å². The van der Waals surface area contributed by atoms with Crippen LogP contribution in [-0.4, -0.2) is 30.7 Å². The molecule has 21 heavy (non-hydrogen) atoms. The van der Waals surface area contributed by atoms with Crippen molar-refractivity contribution in [2.24, 2.45) is 5.92 Å². The van der Waals surface area contributed by atoms with Gasteiger partial charge in [-0.05, 0) is 37.3 Å². The minimum atomic E-state index is -0.0479. The molecule has 0 bridgehead atoms. The van der Waals surface area contributed by atoms with Crippen molar-refractivity contribution in [3.05, 3.63) is 29.8 Å². The average Bonchev–Trinajstić information content (AvgIpc) is 2.51. The molecule has 0 heterocycles. The van der Waals surface area contributed by atoms with E-state index in [1.807, 2.05) is 24.3 Å². The molecular weight excluding hydrogens is 264 g/mol. The van der Waals surface area contributed by atoms with Gasteiger partial charge < -0.3 is 15.7 Å². The molecule has 1 amide bonds. The second kappa shape index (κ2) is 10.2. The quantitative estimate of drug-likeness (QED) is 0.621. The van der Waals surface area contributed by atoms with Crippen LogP contribution in [0.3, 0.4) is 0 Å². The summed E-state index contributed by atoms with van der Waals surface area (Å²) < 4.78 is 0. The molecular formula is C17H28N2O2. The number of aliphatic hydroxyl groups excluding tert-OH is 1. The van der Waals surface area contributed by atoms with Gasteiger partial charge in [0.15, 0.2) is 0 Å². The molecule has 0 aliphatic carbocycles. The lowest BCUT2D eigenvalue weighted by atomic mass is 10.00. The highest BCUT2D eigenvalue weighted by Gasteiger charge is 2.13. The Labute approximate surface area is 128 Å². The fraction of sp³-hybridized carbons (Fsp3) is 0.588. The summed E-state index contributed by atoms with van der Waals surface area (Å²) in [6, 6.07) is 7.58. The van der Waals surface area contributed by atoms with E-state index in [0.29, 0.717) is 18.0 Å². The van der Waals surface area contributed by atoms with E-state index >= 15 is 0 Å². The number of para-hydroxylation sites is 1. The molecule has 1 rings (SSSR count). The molecule has 4 heteroatoms. The third-order valence-electron chi connectivity index (χ3n) is 3.52. The first kappa shape index (κ1) is 17.5. The van der Waals surface area contributed by atoms with Gasteiger partial charge in [-0.2, -0.15) is 0 Å². The van der Waals surface area contributed by atoms with Crippen LogP contribution in [0.2, 0.25) is 0 Å². The molecule has 1 aromatic rings. The lowest BCUT2D eigenvalue weighted by Gasteiger charge is -2.17. The average molecular weight is 292 g/mol.